The van der Waals surface area contributed by atoms with Crippen LogP contribution in [0.25, 0.3) is 0 Å². The molecular formula is C32H38Cl4O8. The van der Waals surface area contributed by atoms with Gasteiger partial charge >= 0.3 is 23.9 Å². The number of halogens is 4. The van der Waals surface area contributed by atoms with Crippen LogP contribution < -0.4 is 9.47 Å². The van der Waals surface area contributed by atoms with Gasteiger partial charge in [0.15, 0.2) is 11.5 Å². The van der Waals surface area contributed by atoms with Gasteiger partial charge in [0.1, 0.15) is 11.1 Å². The maximum absolute atomic E-state index is 12.8. The molecule has 242 valence electrons. The molecule has 0 aliphatic heterocycles. The molecule has 0 aliphatic rings. The first-order valence-corrected chi connectivity index (χ1v) is 16.4. The summed E-state index contributed by atoms with van der Waals surface area (Å²) in [5, 5.41) is -0.260. The van der Waals surface area contributed by atoms with Gasteiger partial charge in [-0.05, 0) is 37.1 Å². The highest BCUT2D eigenvalue weighted by Crippen LogP contribution is 2.35. The Balaban J connectivity index is 2.09. The maximum Gasteiger partial charge on any atom is 0.423 e. The summed E-state index contributed by atoms with van der Waals surface area (Å²) in [6, 6.07) is 4.88. The van der Waals surface area contributed by atoms with Crippen molar-refractivity contribution >= 4 is 70.3 Å². The number of esters is 4. The van der Waals surface area contributed by atoms with Crippen LogP contribution >= 0.6 is 46.4 Å². The van der Waals surface area contributed by atoms with Gasteiger partial charge < -0.3 is 18.9 Å². The molecule has 2 aromatic carbocycles. The van der Waals surface area contributed by atoms with Crippen molar-refractivity contribution in [2.24, 2.45) is 0 Å². The van der Waals surface area contributed by atoms with E-state index in [1.54, 1.807) is 0 Å². The van der Waals surface area contributed by atoms with Gasteiger partial charge in [-0.1, -0.05) is 124 Å². The van der Waals surface area contributed by atoms with Crippen LogP contribution in [0.3, 0.4) is 0 Å². The second-order valence-electron chi connectivity index (χ2n) is 10.1. The lowest BCUT2D eigenvalue weighted by molar-refractivity contribution is -0.156. The van der Waals surface area contributed by atoms with E-state index in [1.807, 2.05) is 0 Å². The number of hydrogen-bond donors (Lipinski definition) is 0. The molecule has 0 N–H and O–H groups in total. The number of rotatable bonds is 18. The lowest BCUT2D eigenvalue weighted by Crippen LogP contribution is -2.27. The lowest BCUT2D eigenvalue weighted by Gasteiger charge is -2.14. The van der Waals surface area contributed by atoms with Crippen LogP contribution in [0.15, 0.2) is 24.3 Å². The van der Waals surface area contributed by atoms with Crippen molar-refractivity contribution in [2.75, 3.05) is 13.2 Å². The fraction of sp³-hybridized carbons (Fsp3) is 0.500. The molecule has 0 bridgehead atoms. The van der Waals surface area contributed by atoms with Crippen molar-refractivity contribution in [3.63, 3.8) is 0 Å². The normalized spacial score (nSPS) is 10.8. The number of hydrogen-bond acceptors (Lipinski definition) is 8. The fourth-order valence-electron chi connectivity index (χ4n) is 4.15. The number of ether oxygens (including phenoxy) is 4. The van der Waals surface area contributed by atoms with Gasteiger partial charge in [-0.3, -0.25) is 0 Å². The first-order chi connectivity index (χ1) is 21.1. The first-order valence-electron chi connectivity index (χ1n) is 14.8. The van der Waals surface area contributed by atoms with Crippen LogP contribution in [0, 0.1) is 0 Å². The summed E-state index contributed by atoms with van der Waals surface area (Å²) >= 11 is 24.5. The van der Waals surface area contributed by atoms with E-state index in [2.05, 4.69) is 13.8 Å². The summed E-state index contributed by atoms with van der Waals surface area (Å²) in [7, 11) is 0. The van der Waals surface area contributed by atoms with Crippen molar-refractivity contribution in [3.05, 3.63) is 55.5 Å². The van der Waals surface area contributed by atoms with Crippen molar-refractivity contribution in [1.82, 2.24) is 0 Å². The molecule has 0 radical (unpaired) electrons. The molecular weight excluding hydrogens is 654 g/mol. The van der Waals surface area contributed by atoms with E-state index in [4.69, 9.17) is 65.4 Å². The van der Waals surface area contributed by atoms with Crippen molar-refractivity contribution in [1.29, 1.82) is 0 Å². The Morgan fingerprint density at radius 2 is 0.864 bits per heavy atom. The summed E-state index contributed by atoms with van der Waals surface area (Å²) in [6.45, 7) is 4.52. The summed E-state index contributed by atoms with van der Waals surface area (Å²) < 4.78 is 20.9. The van der Waals surface area contributed by atoms with E-state index in [-0.39, 0.29) is 44.4 Å². The largest absolute Gasteiger partial charge is 0.462 e. The topological polar surface area (TPSA) is 105 Å². The van der Waals surface area contributed by atoms with Crippen LogP contribution in [0.2, 0.25) is 20.1 Å². The van der Waals surface area contributed by atoms with Crippen LogP contribution in [0.1, 0.15) is 112 Å². The molecule has 0 saturated heterocycles. The Bertz CT molecular complexity index is 1180. The molecule has 0 atom stereocenters. The predicted molar refractivity (Wildman–Crippen MR) is 172 cm³/mol. The molecule has 0 fully saturated rings. The minimum absolute atomic E-state index is 0.0842. The first kappa shape index (κ1) is 37.7. The van der Waals surface area contributed by atoms with Crippen molar-refractivity contribution in [2.45, 2.75) is 90.9 Å². The van der Waals surface area contributed by atoms with E-state index >= 15 is 0 Å². The maximum atomic E-state index is 12.8. The smallest absolute Gasteiger partial charge is 0.423 e. The molecule has 8 nitrogen and oxygen atoms in total. The third-order valence-corrected chi connectivity index (χ3v) is 7.47. The zero-order valence-electron chi connectivity index (χ0n) is 25.0. The highest BCUT2D eigenvalue weighted by Gasteiger charge is 2.29. The second kappa shape index (κ2) is 20.5. The minimum atomic E-state index is -1.54. The van der Waals surface area contributed by atoms with Gasteiger partial charge in [-0.15, -0.1) is 0 Å². The summed E-state index contributed by atoms with van der Waals surface area (Å²) in [5.74, 6) is -5.64. The Hall–Kier alpha value is -2.52. The van der Waals surface area contributed by atoms with Crippen molar-refractivity contribution < 1.29 is 38.1 Å². The second-order valence-corrected chi connectivity index (χ2v) is 11.8. The Labute approximate surface area is 278 Å². The Morgan fingerprint density at radius 1 is 0.523 bits per heavy atom. The van der Waals surface area contributed by atoms with Crippen LogP contribution in [-0.4, -0.2) is 37.1 Å². The molecule has 0 heterocycles. The van der Waals surface area contributed by atoms with Gasteiger partial charge in [0, 0.05) is 10.0 Å². The average Bonchev–Trinajstić information content (AvgIpc) is 2.98. The van der Waals surface area contributed by atoms with E-state index in [9.17, 15) is 19.2 Å². The summed E-state index contributed by atoms with van der Waals surface area (Å²) in [5.41, 5.74) is -0.503. The number of unbranched alkanes of at least 4 members (excludes halogenated alkanes) is 10. The summed E-state index contributed by atoms with van der Waals surface area (Å²) in [6.07, 6.45) is 11.9. The quantitative estimate of drug-likeness (QED) is 0.0658. The van der Waals surface area contributed by atoms with Gasteiger partial charge in [0.25, 0.3) is 0 Å². The summed E-state index contributed by atoms with van der Waals surface area (Å²) in [4.78, 5) is 51.1. The van der Waals surface area contributed by atoms with E-state index in [0.717, 1.165) is 64.2 Å². The van der Waals surface area contributed by atoms with E-state index < -0.39 is 35.4 Å². The van der Waals surface area contributed by atoms with Gasteiger partial charge in [-0.2, -0.15) is 0 Å². The van der Waals surface area contributed by atoms with Crippen LogP contribution in [0.5, 0.6) is 11.5 Å². The van der Waals surface area contributed by atoms with E-state index in [0.29, 0.717) is 12.8 Å². The molecule has 44 heavy (non-hydrogen) atoms. The number of carbonyl (C=O) groups excluding carboxylic acids is 4. The fourth-order valence-corrected chi connectivity index (χ4v) is 5.21. The molecule has 0 unspecified atom stereocenters. The molecule has 12 heteroatoms. The van der Waals surface area contributed by atoms with E-state index in [1.165, 1.54) is 24.3 Å². The van der Waals surface area contributed by atoms with Crippen LogP contribution in [0.4, 0.5) is 0 Å². The van der Waals surface area contributed by atoms with Gasteiger partial charge in [0.2, 0.25) is 0 Å². The SMILES string of the molecule is CCCCCCCCOC(=O)c1cc(Cl)cc(Cl)c1OC(=O)C(=O)Oc1c(Cl)cc(Cl)cc1C(=O)OCCCCCCCC. The highest BCUT2D eigenvalue weighted by molar-refractivity contribution is 6.38. The zero-order chi connectivity index (χ0) is 32.5. The molecule has 0 aromatic heterocycles. The monoisotopic (exact) mass is 690 g/mol. The predicted octanol–water partition coefficient (Wildman–Crippen LogP) is 9.85. The number of carbonyl (C=O) groups is 4. The Kier molecular flexibility index (Phi) is 17.5. The highest BCUT2D eigenvalue weighted by atomic mass is 35.5. The molecule has 2 rings (SSSR count). The Morgan fingerprint density at radius 3 is 1.23 bits per heavy atom. The third-order valence-electron chi connectivity index (χ3n) is 6.47. The average molecular weight is 692 g/mol. The minimum Gasteiger partial charge on any atom is -0.462 e. The molecule has 0 aliphatic carbocycles. The standard InChI is InChI=1S/C32H38Cl4O8/c1-3-5-7-9-11-13-15-41-29(37)23-17-21(33)19-25(35)27(23)43-31(39)32(40)44-28-24(18-22(34)20-26(28)36)30(38)42-16-14-12-10-8-6-4-2/h17-20H,3-16H2,1-2H3. The molecule has 0 spiro atoms. The van der Waals surface area contributed by atoms with Crippen molar-refractivity contribution in [3.8, 4) is 11.5 Å². The molecule has 2 aromatic rings. The van der Waals surface area contributed by atoms with Gasteiger partial charge in [0.05, 0.1) is 23.3 Å². The number of benzene rings is 2. The van der Waals surface area contributed by atoms with Gasteiger partial charge in [-0.25, -0.2) is 19.2 Å². The zero-order valence-corrected chi connectivity index (χ0v) is 28.0. The lowest BCUT2D eigenvalue weighted by atomic mass is 10.1. The van der Waals surface area contributed by atoms with Crippen LogP contribution in [-0.2, 0) is 19.1 Å². The third kappa shape index (κ3) is 12.8. The molecule has 0 saturated carbocycles. The molecule has 0 amide bonds.